The molecule has 0 aliphatic rings. The van der Waals surface area contributed by atoms with Crippen LogP contribution in [0.15, 0.2) is 41.0 Å². The van der Waals surface area contributed by atoms with Gasteiger partial charge < -0.3 is 24.5 Å². The molecule has 1 unspecified atom stereocenters. The van der Waals surface area contributed by atoms with Gasteiger partial charge in [-0.15, -0.1) is 0 Å². The molecule has 2 N–H and O–H groups in total. The largest absolute Gasteiger partial charge is 0.497 e. The van der Waals surface area contributed by atoms with Crippen molar-refractivity contribution < 1.29 is 23.5 Å². The average molecular weight is 332 g/mol. The number of rotatable bonds is 7. The van der Waals surface area contributed by atoms with Crippen LogP contribution >= 0.6 is 0 Å². The molecule has 2 amide bonds. The van der Waals surface area contributed by atoms with Gasteiger partial charge in [0.05, 0.1) is 32.6 Å². The van der Waals surface area contributed by atoms with E-state index in [1.165, 1.54) is 20.5 Å². The fourth-order valence-electron chi connectivity index (χ4n) is 2.07. The molecule has 1 heterocycles. The third kappa shape index (κ3) is 4.28. The number of hydrogen-bond acceptors (Lipinski definition) is 5. The van der Waals surface area contributed by atoms with Crippen molar-refractivity contribution in [3.8, 4) is 11.5 Å². The molecule has 0 saturated heterocycles. The Balaban J connectivity index is 1.98. The molecule has 24 heavy (non-hydrogen) atoms. The first-order valence-corrected chi connectivity index (χ1v) is 7.38. The van der Waals surface area contributed by atoms with Crippen molar-refractivity contribution in [2.45, 2.75) is 19.5 Å². The zero-order valence-electron chi connectivity index (χ0n) is 13.8. The van der Waals surface area contributed by atoms with Crippen molar-refractivity contribution in [1.82, 2.24) is 10.6 Å². The van der Waals surface area contributed by atoms with Crippen molar-refractivity contribution in [3.05, 3.63) is 47.9 Å². The molecule has 0 bridgehead atoms. The van der Waals surface area contributed by atoms with Crippen LogP contribution < -0.4 is 20.1 Å². The number of amides is 2. The lowest BCUT2D eigenvalue weighted by Crippen LogP contribution is -2.44. The summed E-state index contributed by atoms with van der Waals surface area (Å²) in [6, 6.07) is 7.65. The smallest absolute Gasteiger partial charge is 0.255 e. The van der Waals surface area contributed by atoms with Crippen LogP contribution in [-0.4, -0.2) is 32.1 Å². The molecule has 1 aromatic carbocycles. The lowest BCUT2D eigenvalue weighted by atomic mass is 10.1. The second kappa shape index (κ2) is 8.05. The number of carbonyl (C=O) groups excluding carboxylic acids is 2. The lowest BCUT2D eigenvalue weighted by molar-refractivity contribution is -0.122. The molecule has 1 atom stereocenters. The monoisotopic (exact) mass is 332 g/mol. The summed E-state index contributed by atoms with van der Waals surface area (Å²) in [7, 11) is 2.98. The van der Waals surface area contributed by atoms with Gasteiger partial charge in [0, 0.05) is 0 Å². The molecule has 0 radical (unpaired) electrons. The first kappa shape index (κ1) is 17.4. The normalized spacial score (nSPS) is 11.5. The van der Waals surface area contributed by atoms with E-state index in [0.29, 0.717) is 22.8 Å². The number of hydrogen-bond donors (Lipinski definition) is 2. The quantitative estimate of drug-likeness (QED) is 0.806. The summed E-state index contributed by atoms with van der Waals surface area (Å²) >= 11 is 0. The number of benzene rings is 1. The molecule has 0 aliphatic carbocycles. The van der Waals surface area contributed by atoms with Gasteiger partial charge in [-0.25, -0.2) is 0 Å². The Morgan fingerprint density at radius 2 is 2.00 bits per heavy atom. The summed E-state index contributed by atoms with van der Waals surface area (Å²) in [5.74, 6) is 0.816. The zero-order valence-corrected chi connectivity index (χ0v) is 13.8. The molecule has 7 nitrogen and oxygen atoms in total. The van der Waals surface area contributed by atoms with Crippen LogP contribution in [0, 0.1) is 0 Å². The third-order valence-corrected chi connectivity index (χ3v) is 3.41. The summed E-state index contributed by atoms with van der Waals surface area (Å²) in [6.45, 7) is 1.86. The van der Waals surface area contributed by atoms with Gasteiger partial charge >= 0.3 is 0 Å². The van der Waals surface area contributed by atoms with E-state index in [-0.39, 0.29) is 12.5 Å². The molecule has 128 valence electrons. The molecule has 0 spiro atoms. The van der Waals surface area contributed by atoms with Crippen molar-refractivity contribution in [3.63, 3.8) is 0 Å². The Bertz CT molecular complexity index is 697. The highest BCUT2D eigenvalue weighted by Gasteiger charge is 2.19. The predicted molar refractivity (Wildman–Crippen MR) is 87.0 cm³/mol. The van der Waals surface area contributed by atoms with Crippen molar-refractivity contribution in [2.24, 2.45) is 0 Å². The molecule has 7 heteroatoms. The summed E-state index contributed by atoms with van der Waals surface area (Å²) in [5.41, 5.74) is 0.294. The van der Waals surface area contributed by atoms with Crippen molar-refractivity contribution in [2.75, 3.05) is 14.2 Å². The first-order valence-electron chi connectivity index (χ1n) is 7.38. The maximum Gasteiger partial charge on any atom is 0.255 e. The molecule has 0 saturated carbocycles. The van der Waals surface area contributed by atoms with Gasteiger partial charge in [0.15, 0.2) is 0 Å². The summed E-state index contributed by atoms with van der Waals surface area (Å²) in [4.78, 5) is 24.5. The van der Waals surface area contributed by atoms with E-state index in [1.54, 1.807) is 37.3 Å². The van der Waals surface area contributed by atoms with Crippen molar-refractivity contribution >= 4 is 11.8 Å². The fraction of sp³-hybridized carbons (Fsp3) is 0.294. The lowest BCUT2D eigenvalue weighted by Gasteiger charge is -2.15. The van der Waals surface area contributed by atoms with Gasteiger partial charge in [0.25, 0.3) is 5.91 Å². The molecule has 0 fully saturated rings. The predicted octanol–water partition coefficient (Wildman–Crippen LogP) is 1.73. The Labute approximate surface area is 139 Å². The topological polar surface area (TPSA) is 89.8 Å². The molecular weight excluding hydrogens is 312 g/mol. The summed E-state index contributed by atoms with van der Waals surface area (Å²) < 4.78 is 15.4. The van der Waals surface area contributed by atoms with Gasteiger partial charge in [0.1, 0.15) is 23.3 Å². The maximum atomic E-state index is 12.4. The van der Waals surface area contributed by atoms with Gasteiger partial charge in [-0.3, -0.25) is 9.59 Å². The highest BCUT2D eigenvalue weighted by Crippen LogP contribution is 2.23. The summed E-state index contributed by atoms with van der Waals surface area (Å²) in [6.07, 6.45) is 1.53. The minimum Gasteiger partial charge on any atom is -0.497 e. The van der Waals surface area contributed by atoms with E-state index in [2.05, 4.69) is 10.6 Å². The van der Waals surface area contributed by atoms with Crippen molar-refractivity contribution in [1.29, 1.82) is 0 Å². The van der Waals surface area contributed by atoms with Gasteiger partial charge in [-0.05, 0) is 37.3 Å². The van der Waals surface area contributed by atoms with E-state index in [1.807, 2.05) is 0 Å². The van der Waals surface area contributed by atoms with Crippen LogP contribution in [0.3, 0.4) is 0 Å². The van der Waals surface area contributed by atoms with Crippen LogP contribution in [0.4, 0.5) is 0 Å². The summed E-state index contributed by atoms with van der Waals surface area (Å²) in [5, 5.41) is 5.32. The molecule has 2 aromatic rings. The Morgan fingerprint density at radius 3 is 2.62 bits per heavy atom. The average Bonchev–Trinajstić information content (AvgIpc) is 3.12. The number of nitrogens with one attached hydrogen (secondary N) is 2. The number of methoxy groups -OCH3 is 2. The number of carbonyl (C=O) groups is 2. The van der Waals surface area contributed by atoms with Crippen LogP contribution in [-0.2, 0) is 11.3 Å². The van der Waals surface area contributed by atoms with E-state index in [4.69, 9.17) is 13.9 Å². The molecule has 0 aliphatic heterocycles. The minimum absolute atomic E-state index is 0.258. The van der Waals surface area contributed by atoms with Crippen LogP contribution in [0.2, 0.25) is 0 Å². The Kier molecular flexibility index (Phi) is 5.83. The highest BCUT2D eigenvalue weighted by atomic mass is 16.5. The SMILES string of the molecule is COc1ccc(OC)c(C(=O)NC(C)C(=O)NCc2ccco2)c1. The standard InChI is InChI=1S/C17H20N2O5/c1-11(16(20)18-10-13-5-4-8-24-13)19-17(21)14-9-12(22-2)6-7-15(14)23-3/h4-9,11H,10H2,1-3H3,(H,18,20)(H,19,21). The number of furan rings is 1. The molecular formula is C17H20N2O5. The molecule has 1 aromatic heterocycles. The van der Waals surface area contributed by atoms with Crippen LogP contribution in [0.1, 0.15) is 23.0 Å². The highest BCUT2D eigenvalue weighted by molar-refractivity contribution is 5.99. The maximum absolute atomic E-state index is 12.4. The second-order valence-corrected chi connectivity index (χ2v) is 5.06. The molecule has 2 rings (SSSR count). The Hall–Kier alpha value is -2.96. The van der Waals surface area contributed by atoms with E-state index >= 15 is 0 Å². The third-order valence-electron chi connectivity index (χ3n) is 3.41. The van der Waals surface area contributed by atoms with Gasteiger partial charge in [-0.1, -0.05) is 0 Å². The van der Waals surface area contributed by atoms with E-state index in [0.717, 1.165) is 0 Å². The van der Waals surface area contributed by atoms with Crippen LogP contribution in [0.5, 0.6) is 11.5 Å². The van der Waals surface area contributed by atoms with E-state index < -0.39 is 11.9 Å². The second-order valence-electron chi connectivity index (χ2n) is 5.06. The first-order chi connectivity index (χ1) is 11.5. The van der Waals surface area contributed by atoms with E-state index in [9.17, 15) is 9.59 Å². The zero-order chi connectivity index (χ0) is 17.5. The van der Waals surface area contributed by atoms with Crippen LogP contribution in [0.25, 0.3) is 0 Å². The Morgan fingerprint density at radius 1 is 1.21 bits per heavy atom. The number of ether oxygens (including phenoxy) is 2. The fourth-order valence-corrected chi connectivity index (χ4v) is 2.07. The minimum atomic E-state index is -0.719. The van der Waals surface area contributed by atoms with Gasteiger partial charge in [0.2, 0.25) is 5.91 Å². The van der Waals surface area contributed by atoms with Gasteiger partial charge in [-0.2, -0.15) is 0 Å².